The van der Waals surface area contributed by atoms with Gasteiger partial charge in [-0.15, -0.1) is 5.10 Å². The van der Waals surface area contributed by atoms with Crippen molar-refractivity contribution in [3.8, 4) is 11.9 Å². The lowest BCUT2D eigenvalue weighted by molar-refractivity contribution is 0.286. The van der Waals surface area contributed by atoms with Crippen molar-refractivity contribution in [2.24, 2.45) is 0 Å². The van der Waals surface area contributed by atoms with Gasteiger partial charge in [0.15, 0.2) is 5.56 Å². The van der Waals surface area contributed by atoms with Crippen LogP contribution in [0.5, 0.6) is 5.88 Å². The minimum atomic E-state index is 0.112. The van der Waals surface area contributed by atoms with Crippen LogP contribution in [-0.2, 0) is 6.61 Å². The molecule has 21 heavy (non-hydrogen) atoms. The first-order valence-corrected chi connectivity index (χ1v) is 7.10. The maximum Gasteiger partial charge on any atom is 0.253 e. The molecule has 0 bridgehead atoms. The third-order valence-electron chi connectivity index (χ3n) is 3.30. The Bertz CT molecular complexity index is 675. The smallest absolute Gasteiger partial charge is 0.253 e. The van der Waals surface area contributed by atoms with Gasteiger partial charge in [-0.05, 0) is 31.0 Å². The lowest BCUT2D eigenvalue weighted by atomic mass is 10.2. The summed E-state index contributed by atoms with van der Waals surface area (Å²) < 4.78 is 7.26. The zero-order valence-corrected chi connectivity index (χ0v) is 12.8. The van der Waals surface area contributed by atoms with E-state index in [1.165, 1.54) is 0 Å². The van der Waals surface area contributed by atoms with E-state index < -0.39 is 0 Å². The molecule has 1 aromatic heterocycles. The molecule has 0 radical (unpaired) electrons. The Labute approximate surface area is 128 Å². The maximum absolute atomic E-state index is 9.22. The molecule has 0 fully saturated rings. The highest BCUT2D eigenvalue weighted by Gasteiger charge is 2.19. The lowest BCUT2D eigenvalue weighted by Gasteiger charge is -2.10. The Kier molecular flexibility index (Phi) is 4.71. The van der Waals surface area contributed by atoms with Crippen LogP contribution in [0, 0.1) is 11.3 Å². The Morgan fingerprint density at radius 3 is 2.90 bits per heavy atom. The number of nitriles is 1. The van der Waals surface area contributed by atoms with Gasteiger partial charge in [0, 0.05) is 5.02 Å². The first-order valence-electron chi connectivity index (χ1n) is 6.72. The molecule has 1 unspecified atom stereocenters. The van der Waals surface area contributed by atoms with E-state index in [0.717, 1.165) is 12.0 Å². The van der Waals surface area contributed by atoms with Gasteiger partial charge in [0.05, 0.1) is 6.04 Å². The van der Waals surface area contributed by atoms with Crippen molar-refractivity contribution < 1.29 is 4.74 Å². The van der Waals surface area contributed by atoms with E-state index in [1.807, 2.05) is 32.0 Å². The van der Waals surface area contributed by atoms with Crippen LogP contribution in [-0.4, -0.2) is 9.78 Å². The number of halogens is 1. The summed E-state index contributed by atoms with van der Waals surface area (Å²) in [4.78, 5) is 0. The molecule has 1 aromatic carbocycles. The number of benzene rings is 1. The number of anilines is 1. The molecule has 0 spiro atoms. The lowest BCUT2D eigenvalue weighted by Crippen LogP contribution is -2.09. The van der Waals surface area contributed by atoms with E-state index in [0.29, 0.717) is 10.8 Å². The molecule has 1 atom stereocenters. The first-order chi connectivity index (χ1) is 10.1. The van der Waals surface area contributed by atoms with E-state index >= 15 is 0 Å². The minimum absolute atomic E-state index is 0.112. The summed E-state index contributed by atoms with van der Waals surface area (Å²) >= 11 is 5.93. The average Bonchev–Trinajstić information content (AvgIpc) is 2.80. The monoisotopic (exact) mass is 304 g/mol. The summed E-state index contributed by atoms with van der Waals surface area (Å²) in [6.07, 6.45) is 0.866. The second-order valence-corrected chi connectivity index (χ2v) is 5.23. The molecule has 2 aromatic rings. The second-order valence-electron chi connectivity index (χ2n) is 4.80. The van der Waals surface area contributed by atoms with Gasteiger partial charge >= 0.3 is 0 Å². The fourth-order valence-electron chi connectivity index (χ4n) is 1.92. The molecule has 6 heteroatoms. The summed E-state index contributed by atoms with van der Waals surface area (Å²) in [5.74, 6) is 0.600. The molecular formula is C15H17ClN4O. The number of hydrogen-bond acceptors (Lipinski definition) is 4. The van der Waals surface area contributed by atoms with Crippen LogP contribution in [0.25, 0.3) is 0 Å². The van der Waals surface area contributed by atoms with Crippen LogP contribution in [0.4, 0.5) is 5.82 Å². The van der Waals surface area contributed by atoms with Gasteiger partial charge in [-0.1, -0.05) is 30.7 Å². The largest absolute Gasteiger partial charge is 0.471 e. The number of aromatic nitrogens is 2. The molecule has 0 amide bonds. The predicted molar refractivity (Wildman–Crippen MR) is 82.1 cm³/mol. The molecular weight excluding hydrogens is 288 g/mol. The van der Waals surface area contributed by atoms with Gasteiger partial charge in [0.2, 0.25) is 0 Å². The molecule has 0 saturated carbocycles. The molecule has 1 heterocycles. The van der Waals surface area contributed by atoms with Gasteiger partial charge in [-0.2, -0.15) is 5.26 Å². The normalized spacial score (nSPS) is 11.9. The van der Waals surface area contributed by atoms with Crippen LogP contribution < -0.4 is 10.5 Å². The predicted octanol–water partition coefficient (Wildman–Crippen LogP) is 3.54. The standard InChI is InChI=1S/C15H17ClN4O/c1-3-10(2)20-14(18)13(8-17)15(19-20)21-9-11-5-4-6-12(16)7-11/h4-7,10H,3,9,18H2,1-2H3. The van der Waals surface area contributed by atoms with E-state index in [4.69, 9.17) is 22.1 Å². The zero-order valence-electron chi connectivity index (χ0n) is 12.0. The molecule has 5 nitrogen and oxygen atoms in total. The highest BCUT2D eigenvalue weighted by atomic mass is 35.5. The maximum atomic E-state index is 9.22. The van der Waals surface area contributed by atoms with Crippen LogP contribution in [0.15, 0.2) is 24.3 Å². The van der Waals surface area contributed by atoms with Gasteiger partial charge in [-0.25, -0.2) is 4.68 Å². The summed E-state index contributed by atoms with van der Waals surface area (Å²) in [5.41, 5.74) is 7.14. The number of rotatable bonds is 5. The van der Waals surface area contributed by atoms with E-state index in [9.17, 15) is 5.26 Å². The fourth-order valence-corrected chi connectivity index (χ4v) is 2.13. The molecule has 0 aliphatic carbocycles. The van der Waals surface area contributed by atoms with Gasteiger partial charge in [0.25, 0.3) is 5.88 Å². The van der Waals surface area contributed by atoms with Crippen molar-refractivity contribution in [2.75, 3.05) is 5.73 Å². The SMILES string of the molecule is CCC(C)n1nc(OCc2cccc(Cl)c2)c(C#N)c1N. The summed E-state index contributed by atoms with van der Waals surface area (Å²) in [6.45, 7) is 4.31. The van der Waals surface area contributed by atoms with Crippen molar-refractivity contribution in [2.45, 2.75) is 32.9 Å². The van der Waals surface area contributed by atoms with Crippen LogP contribution in [0.1, 0.15) is 37.4 Å². The molecule has 0 saturated heterocycles. The van der Waals surface area contributed by atoms with E-state index in [2.05, 4.69) is 11.2 Å². The van der Waals surface area contributed by atoms with Gasteiger partial charge in [-0.3, -0.25) is 0 Å². The third kappa shape index (κ3) is 3.29. The van der Waals surface area contributed by atoms with Gasteiger partial charge < -0.3 is 10.5 Å². The topological polar surface area (TPSA) is 76.9 Å². The number of hydrogen-bond donors (Lipinski definition) is 1. The molecule has 0 aliphatic heterocycles. The highest BCUT2D eigenvalue weighted by molar-refractivity contribution is 6.30. The first kappa shape index (κ1) is 15.2. The summed E-state index contributed by atoms with van der Waals surface area (Å²) in [6, 6.07) is 9.51. The Balaban J connectivity index is 2.22. The van der Waals surface area contributed by atoms with Crippen LogP contribution in [0.2, 0.25) is 5.02 Å². The minimum Gasteiger partial charge on any atom is -0.471 e. The molecule has 0 aliphatic rings. The number of nitrogens with zero attached hydrogens (tertiary/aromatic N) is 3. The summed E-state index contributed by atoms with van der Waals surface area (Å²) in [7, 11) is 0. The van der Waals surface area contributed by atoms with Crippen molar-refractivity contribution in [3.05, 3.63) is 40.4 Å². The van der Waals surface area contributed by atoms with E-state index in [1.54, 1.807) is 10.7 Å². The Hall–Kier alpha value is -2.19. The Morgan fingerprint density at radius 1 is 1.52 bits per heavy atom. The number of nitrogen functional groups attached to an aromatic ring is 1. The average molecular weight is 305 g/mol. The molecule has 2 N–H and O–H groups in total. The van der Waals surface area contributed by atoms with E-state index in [-0.39, 0.29) is 24.1 Å². The number of ether oxygens (including phenoxy) is 1. The zero-order chi connectivity index (χ0) is 15.4. The van der Waals surface area contributed by atoms with Crippen molar-refractivity contribution in [3.63, 3.8) is 0 Å². The fraction of sp³-hybridized carbons (Fsp3) is 0.333. The van der Waals surface area contributed by atoms with Crippen molar-refractivity contribution >= 4 is 17.4 Å². The third-order valence-corrected chi connectivity index (χ3v) is 3.54. The quantitative estimate of drug-likeness (QED) is 0.916. The number of nitrogens with two attached hydrogens (primary N) is 1. The Morgan fingerprint density at radius 2 is 2.29 bits per heavy atom. The van der Waals surface area contributed by atoms with Crippen LogP contribution >= 0.6 is 11.6 Å². The van der Waals surface area contributed by atoms with Gasteiger partial charge in [0.1, 0.15) is 18.5 Å². The van der Waals surface area contributed by atoms with Crippen molar-refractivity contribution in [1.29, 1.82) is 5.26 Å². The van der Waals surface area contributed by atoms with Crippen LogP contribution in [0.3, 0.4) is 0 Å². The van der Waals surface area contributed by atoms with Crippen molar-refractivity contribution in [1.82, 2.24) is 9.78 Å². The second kappa shape index (κ2) is 6.51. The highest BCUT2D eigenvalue weighted by Crippen LogP contribution is 2.27. The molecule has 2 rings (SSSR count). The summed E-state index contributed by atoms with van der Waals surface area (Å²) in [5, 5.41) is 14.2. The molecule has 110 valence electrons.